The summed E-state index contributed by atoms with van der Waals surface area (Å²) in [6.07, 6.45) is -0.967. The number of hydrogen-bond acceptors (Lipinski definition) is 4. The zero-order valence-corrected chi connectivity index (χ0v) is 18.4. The molecule has 1 heterocycles. The molecule has 1 amide bonds. The average molecular weight is 461 g/mol. The smallest absolute Gasteiger partial charge is 0.406 e. The maximum atomic E-state index is 13.2. The second kappa shape index (κ2) is 9.82. The van der Waals surface area contributed by atoms with Gasteiger partial charge in [-0.05, 0) is 62.4 Å². The van der Waals surface area contributed by atoms with Gasteiger partial charge in [-0.25, -0.2) is 4.98 Å². The Morgan fingerprint density at radius 1 is 1.18 bits per heavy atom. The lowest BCUT2D eigenvalue weighted by atomic mass is 9.89. The topological polar surface area (TPSA) is 70.2 Å². The third kappa shape index (κ3) is 5.84. The molecule has 0 aliphatic heterocycles. The molecule has 176 valence electrons. The Morgan fingerprint density at radius 3 is 2.64 bits per heavy atom. The molecule has 0 spiro atoms. The van der Waals surface area contributed by atoms with Gasteiger partial charge in [0.2, 0.25) is 0 Å². The first-order valence-electron chi connectivity index (χ1n) is 11.2. The van der Waals surface area contributed by atoms with E-state index in [2.05, 4.69) is 20.0 Å². The van der Waals surface area contributed by atoms with E-state index in [1.165, 1.54) is 12.1 Å². The molecule has 0 saturated heterocycles. The summed E-state index contributed by atoms with van der Waals surface area (Å²) in [5.41, 5.74) is 2.48. The molecule has 2 N–H and O–H groups in total. The molecule has 4 rings (SSSR count). The monoisotopic (exact) mass is 460 g/mol. The maximum Gasteiger partial charge on any atom is 0.573 e. The van der Waals surface area contributed by atoms with Gasteiger partial charge in [0.1, 0.15) is 5.75 Å². The van der Waals surface area contributed by atoms with E-state index in [0.717, 1.165) is 42.3 Å². The highest BCUT2D eigenvalue weighted by Crippen LogP contribution is 2.26. The first-order chi connectivity index (χ1) is 15.8. The standard InChI is InChI=1S/C24H27F3N4O2/c1-2-31(23(32)22-29-20-8-3-4-9-21(20)30-22)18-7-5-6-17(14-18)28-15-16-10-12-19(13-11-16)33-24(25,26)27/h3-4,8-13,17-18,28H,2,5-7,14-15H2,1H3,(H,29,30). The molecule has 3 aromatic rings. The summed E-state index contributed by atoms with van der Waals surface area (Å²) in [6.45, 7) is 3.10. The van der Waals surface area contributed by atoms with Crippen molar-refractivity contribution in [2.24, 2.45) is 0 Å². The quantitative estimate of drug-likeness (QED) is 0.519. The van der Waals surface area contributed by atoms with Gasteiger partial charge in [-0.2, -0.15) is 0 Å². The van der Waals surface area contributed by atoms with Gasteiger partial charge < -0.3 is 19.9 Å². The van der Waals surface area contributed by atoms with Crippen LogP contribution >= 0.6 is 0 Å². The number of nitrogens with one attached hydrogen (secondary N) is 2. The molecule has 6 nitrogen and oxygen atoms in total. The van der Waals surface area contributed by atoms with Crippen molar-refractivity contribution in [1.82, 2.24) is 20.2 Å². The molecular weight excluding hydrogens is 433 g/mol. The second-order valence-corrected chi connectivity index (χ2v) is 8.28. The van der Waals surface area contributed by atoms with Gasteiger partial charge in [0, 0.05) is 25.2 Å². The van der Waals surface area contributed by atoms with Crippen LogP contribution in [0.5, 0.6) is 5.75 Å². The fourth-order valence-electron chi connectivity index (χ4n) is 4.46. The van der Waals surface area contributed by atoms with Crippen LogP contribution in [-0.4, -0.2) is 45.8 Å². The lowest BCUT2D eigenvalue weighted by Gasteiger charge is -2.37. The number of fused-ring (bicyclic) bond motifs is 1. The fraction of sp³-hybridized carbons (Fsp3) is 0.417. The van der Waals surface area contributed by atoms with E-state index in [1.807, 2.05) is 36.1 Å². The van der Waals surface area contributed by atoms with Crippen molar-refractivity contribution >= 4 is 16.9 Å². The summed E-state index contributed by atoms with van der Waals surface area (Å²) in [7, 11) is 0. The average Bonchev–Trinajstić information content (AvgIpc) is 3.23. The van der Waals surface area contributed by atoms with E-state index >= 15 is 0 Å². The highest BCUT2D eigenvalue weighted by Gasteiger charge is 2.32. The molecule has 1 aliphatic rings. The van der Waals surface area contributed by atoms with Crippen molar-refractivity contribution in [3.63, 3.8) is 0 Å². The van der Waals surface area contributed by atoms with E-state index in [9.17, 15) is 18.0 Å². The number of aromatic amines is 1. The summed E-state index contributed by atoms with van der Waals surface area (Å²) in [6, 6.07) is 13.8. The number of halogens is 3. The number of benzene rings is 2. The van der Waals surface area contributed by atoms with Crippen LogP contribution in [0.2, 0.25) is 0 Å². The third-order valence-corrected chi connectivity index (χ3v) is 6.03. The number of amides is 1. The molecule has 33 heavy (non-hydrogen) atoms. The number of carbonyl (C=O) groups excluding carboxylic acids is 1. The molecule has 1 saturated carbocycles. The van der Waals surface area contributed by atoms with Gasteiger partial charge in [0.25, 0.3) is 5.91 Å². The summed E-state index contributed by atoms with van der Waals surface area (Å²) in [4.78, 5) is 22.7. The van der Waals surface area contributed by atoms with Crippen molar-refractivity contribution in [3.8, 4) is 5.75 Å². The summed E-state index contributed by atoms with van der Waals surface area (Å²) in [5.74, 6) is 0.0283. The first kappa shape index (κ1) is 23.1. The van der Waals surface area contributed by atoms with E-state index in [4.69, 9.17) is 0 Å². The third-order valence-electron chi connectivity index (χ3n) is 6.03. The van der Waals surface area contributed by atoms with Crippen molar-refractivity contribution < 1.29 is 22.7 Å². The summed E-state index contributed by atoms with van der Waals surface area (Å²) >= 11 is 0. The first-order valence-corrected chi connectivity index (χ1v) is 11.2. The number of carbonyl (C=O) groups is 1. The SMILES string of the molecule is CCN(C(=O)c1nc2ccccc2[nH]1)C1CCCC(NCc2ccc(OC(F)(F)F)cc2)C1. The van der Waals surface area contributed by atoms with Gasteiger partial charge in [0.05, 0.1) is 11.0 Å². The van der Waals surface area contributed by atoms with Crippen molar-refractivity contribution in [2.75, 3.05) is 6.54 Å². The lowest BCUT2D eigenvalue weighted by molar-refractivity contribution is -0.274. The minimum absolute atomic E-state index is 0.0976. The molecule has 0 radical (unpaired) electrons. The van der Waals surface area contributed by atoms with Crippen molar-refractivity contribution in [1.29, 1.82) is 0 Å². The van der Waals surface area contributed by atoms with E-state index in [1.54, 1.807) is 12.1 Å². The van der Waals surface area contributed by atoms with E-state index in [-0.39, 0.29) is 23.7 Å². The van der Waals surface area contributed by atoms with Crippen LogP contribution in [0.25, 0.3) is 11.0 Å². The molecule has 2 unspecified atom stereocenters. The van der Waals surface area contributed by atoms with E-state index < -0.39 is 6.36 Å². The Labute approximate surface area is 190 Å². The van der Waals surface area contributed by atoms with Gasteiger partial charge in [0.15, 0.2) is 5.82 Å². The number of H-pyrrole nitrogens is 1. The van der Waals surface area contributed by atoms with Gasteiger partial charge in [-0.3, -0.25) is 4.79 Å². The van der Waals surface area contributed by atoms with Crippen LogP contribution in [0, 0.1) is 0 Å². The Morgan fingerprint density at radius 2 is 1.94 bits per heavy atom. The molecule has 1 aliphatic carbocycles. The molecule has 1 fully saturated rings. The number of alkyl halides is 3. The Hall–Kier alpha value is -3.07. The number of rotatable bonds is 7. The largest absolute Gasteiger partial charge is 0.573 e. The molecule has 2 atom stereocenters. The Balaban J connectivity index is 1.35. The zero-order chi connectivity index (χ0) is 23.4. The van der Waals surface area contributed by atoms with Crippen LogP contribution in [0.1, 0.15) is 48.8 Å². The highest BCUT2D eigenvalue weighted by atomic mass is 19.4. The minimum Gasteiger partial charge on any atom is -0.406 e. The van der Waals surface area contributed by atoms with Crippen LogP contribution in [0.4, 0.5) is 13.2 Å². The summed E-state index contributed by atoms with van der Waals surface area (Å²) < 4.78 is 40.9. The number of imidazole rings is 1. The number of nitrogens with zero attached hydrogens (tertiary/aromatic N) is 2. The van der Waals surface area contributed by atoms with Crippen LogP contribution in [-0.2, 0) is 6.54 Å². The molecular formula is C24H27F3N4O2. The molecule has 1 aromatic heterocycles. The highest BCUT2D eigenvalue weighted by molar-refractivity contribution is 5.94. The van der Waals surface area contributed by atoms with Crippen LogP contribution in [0.15, 0.2) is 48.5 Å². The minimum atomic E-state index is -4.69. The Kier molecular flexibility index (Phi) is 6.88. The second-order valence-electron chi connectivity index (χ2n) is 8.28. The normalized spacial score (nSPS) is 18.9. The number of hydrogen-bond donors (Lipinski definition) is 2. The van der Waals surface area contributed by atoms with Crippen molar-refractivity contribution in [2.45, 2.75) is 57.6 Å². The molecule has 9 heteroatoms. The zero-order valence-electron chi connectivity index (χ0n) is 18.4. The number of ether oxygens (including phenoxy) is 1. The Bertz CT molecular complexity index is 1050. The lowest BCUT2D eigenvalue weighted by Crippen LogP contribution is -2.47. The van der Waals surface area contributed by atoms with Crippen LogP contribution in [0.3, 0.4) is 0 Å². The van der Waals surface area contributed by atoms with Gasteiger partial charge in [-0.1, -0.05) is 24.3 Å². The molecule has 2 aromatic carbocycles. The summed E-state index contributed by atoms with van der Waals surface area (Å²) in [5, 5.41) is 3.49. The predicted octanol–water partition coefficient (Wildman–Crippen LogP) is 5.02. The van der Waals surface area contributed by atoms with Crippen LogP contribution < -0.4 is 10.1 Å². The number of aromatic nitrogens is 2. The van der Waals surface area contributed by atoms with E-state index in [0.29, 0.717) is 18.9 Å². The maximum absolute atomic E-state index is 13.2. The van der Waals surface area contributed by atoms with Gasteiger partial charge >= 0.3 is 6.36 Å². The predicted molar refractivity (Wildman–Crippen MR) is 119 cm³/mol. The van der Waals surface area contributed by atoms with Gasteiger partial charge in [-0.15, -0.1) is 13.2 Å². The number of para-hydroxylation sites is 2. The van der Waals surface area contributed by atoms with Crippen molar-refractivity contribution in [3.05, 3.63) is 59.9 Å². The molecule has 0 bridgehead atoms. The fourth-order valence-corrected chi connectivity index (χ4v) is 4.46.